The van der Waals surface area contributed by atoms with Crippen molar-refractivity contribution >= 4 is 15.9 Å². The molecule has 2 aliphatic heterocycles. The number of benzene rings is 1. The van der Waals surface area contributed by atoms with E-state index in [1.54, 1.807) is 7.11 Å². The van der Waals surface area contributed by atoms with E-state index in [2.05, 4.69) is 15.9 Å². The summed E-state index contributed by atoms with van der Waals surface area (Å²) >= 11 is 3.43. The van der Waals surface area contributed by atoms with Gasteiger partial charge in [0.2, 0.25) is 0 Å². The maximum Gasteiger partial charge on any atom is 0.125 e. The third-order valence-corrected chi connectivity index (χ3v) is 5.05. The average Bonchev–Trinajstić information content (AvgIpc) is 2.94. The van der Waals surface area contributed by atoms with Gasteiger partial charge in [0.05, 0.1) is 25.4 Å². The summed E-state index contributed by atoms with van der Waals surface area (Å²) in [5.74, 6) is 0.899. The molecule has 116 valence electrons. The van der Waals surface area contributed by atoms with Crippen LogP contribution in [0.1, 0.15) is 30.9 Å². The summed E-state index contributed by atoms with van der Waals surface area (Å²) in [6.45, 7) is 2.09. The van der Waals surface area contributed by atoms with Crippen molar-refractivity contribution in [2.24, 2.45) is 5.92 Å². The molecule has 0 bridgehead atoms. The standard InChI is InChI=1S/C16H21BrO4/c1-19-14-8-12(17)2-3-13(14)15(18)11-4-6-21-16(9-11)5-7-20-10-16/h2-3,8,11,15,18H,4-7,9-10H2,1H3. The second-order valence-electron chi connectivity index (χ2n) is 5.92. The molecule has 0 amide bonds. The minimum Gasteiger partial charge on any atom is -0.496 e. The summed E-state index contributed by atoms with van der Waals surface area (Å²) in [6.07, 6.45) is 2.10. The molecule has 5 heteroatoms. The fraction of sp³-hybridized carbons (Fsp3) is 0.625. The predicted molar refractivity (Wildman–Crippen MR) is 82.5 cm³/mol. The van der Waals surface area contributed by atoms with Gasteiger partial charge in [-0.3, -0.25) is 0 Å². The Morgan fingerprint density at radius 2 is 2.29 bits per heavy atom. The number of rotatable bonds is 3. The highest BCUT2D eigenvalue weighted by Gasteiger charge is 2.43. The number of hydrogen-bond acceptors (Lipinski definition) is 4. The van der Waals surface area contributed by atoms with Crippen molar-refractivity contribution in [1.29, 1.82) is 0 Å². The normalized spacial score (nSPS) is 30.5. The molecule has 21 heavy (non-hydrogen) atoms. The van der Waals surface area contributed by atoms with E-state index in [9.17, 15) is 5.11 Å². The minimum absolute atomic E-state index is 0.176. The predicted octanol–water partition coefficient (Wildman–Crippen LogP) is 3.08. The van der Waals surface area contributed by atoms with Gasteiger partial charge in [0.15, 0.2) is 0 Å². The van der Waals surface area contributed by atoms with Gasteiger partial charge in [0, 0.05) is 29.7 Å². The molecule has 0 aliphatic carbocycles. The van der Waals surface area contributed by atoms with Gasteiger partial charge in [-0.1, -0.05) is 22.0 Å². The first-order chi connectivity index (χ1) is 10.1. The Hall–Kier alpha value is -0.620. The van der Waals surface area contributed by atoms with E-state index in [0.29, 0.717) is 13.2 Å². The lowest BCUT2D eigenvalue weighted by atomic mass is 9.80. The quantitative estimate of drug-likeness (QED) is 0.903. The van der Waals surface area contributed by atoms with E-state index >= 15 is 0 Å². The summed E-state index contributed by atoms with van der Waals surface area (Å²) < 4.78 is 17.8. The number of aliphatic hydroxyl groups excluding tert-OH is 1. The number of methoxy groups -OCH3 is 1. The molecule has 1 N–H and O–H groups in total. The lowest BCUT2D eigenvalue weighted by molar-refractivity contribution is -0.117. The number of aliphatic hydroxyl groups is 1. The van der Waals surface area contributed by atoms with Crippen LogP contribution in [0.5, 0.6) is 5.75 Å². The summed E-state index contributed by atoms with van der Waals surface area (Å²) in [5, 5.41) is 10.8. The van der Waals surface area contributed by atoms with Crippen LogP contribution in [0.4, 0.5) is 0 Å². The molecule has 2 saturated heterocycles. The van der Waals surface area contributed by atoms with Gasteiger partial charge in [0.1, 0.15) is 5.75 Å². The topological polar surface area (TPSA) is 47.9 Å². The minimum atomic E-state index is -0.533. The van der Waals surface area contributed by atoms with Crippen LogP contribution in [0.2, 0.25) is 0 Å². The molecule has 2 aliphatic rings. The van der Waals surface area contributed by atoms with Gasteiger partial charge in [-0.25, -0.2) is 0 Å². The zero-order valence-corrected chi connectivity index (χ0v) is 13.8. The SMILES string of the molecule is COc1cc(Br)ccc1C(O)C1CCOC2(CCOC2)C1. The van der Waals surface area contributed by atoms with Gasteiger partial charge in [0.25, 0.3) is 0 Å². The monoisotopic (exact) mass is 356 g/mol. The maximum absolute atomic E-state index is 10.8. The molecule has 3 atom stereocenters. The van der Waals surface area contributed by atoms with Gasteiger partial charge in [-0.2, -0.15) is 0 Å². The molecule has 3 rings (SSSR count). The molecular weight excluding hydrogens is 336 g/mol. The molecule has 3 unspecified atom stereocenters. The van der Waals surface area contributed by atoms with E-state index in [-0.39, 0.29) is 11.5 Å². The van der Waals surface area contributed by atoms with Crippen LogP contribution in [0.25, 0.3) is 0 Å². The number of ether oxygens (including phenoxy) is 3. The van der Waals surface area contributed by atoms with Gasteiger partial charge < -0.3 is 19.3 Å². The molecule has 0 radical (unpaired) electrons. The van der Waals surface area contributed by atoms with Gasteiger partial charge in [-0.05, 0) is 30.9 Å². The van der Waals surface area contributed by atoms with Crippen LogP contribution >= 0.6 is 15.9 Å². The van der Waals surface area contributed by atoms with Gasteiger partial charge >= 0.3 is 0 Å². The van der Waals surface area contributed by atoms with Crippen LogP contribution in [-0.2, 0) is 9.47 Å². The van der Waals surface area contributed by atoms with Crippen molar-refractivity contribution in [3.8, 4) is 5.75 Å². The average molecular weight is 357 g/mol. The Balaban J connectivity index is 1.79. The van der Waals surface area contributed by atoms with Gasteiger partial charge in [-0.15, -0.1) is 0 Å². The van der Waals surface area contributed by atoms with Crippen LogP contribution in [0.3, 0.4) is 0 Å². The molecule has 4 nitrogen and oxygen atoms in total. The molecule has 2 fully saturated rings. The lowest BCUT2D eigenvalue weighted by Gasteiger charge is -2.39. The lowest BCUT2D eigenvalue weighted by Crippen LogP contribution is -2.41. The number of halogens is 1. The largest absolute Gasteiger partial charge is 0.496 e. The van der Waals surface area contributed by atoms with Crippen molar-refractivity contribution in [1.82, 2.24) is 0 Å². The Morgan fingerprint density at radius 3 is 3.00 bits per heavy atom. The summed E-state index contributed by atoms with van der Waals surface area (Å²) in [7, 11) is 1.63. The van der Waals surface area contributed by atoms with Crippen molar-refractivity contribution in [3.05, 3.63) is 28.2 Å². The molecule has 1 spiro atoms. The fourth-order valence-electron chi connectivity index (χ4n) is 3.38. The summed E-state index contributed by atoms with van der Waals surface area (Å²) in [5.41, 5.74) is 0.661. The number of hydrogen-bond donors (Lipinski definition) is 1. The third kappa shape index (κ3) is 3.11. The Bertz CT molecular complexity index is 499. The van der Waals surface area contributed by atoms with Crippen LogP contribution in [-0.4, -0.2) is 37.6 Å². The molecular formula is C16H21BrO4. The first-order valence-electron chi connectivity index (χ1n) is 7.37. The van der Waals surface area contributed by atoms with E-state index in [4.69, 9.17) is 14.2 Å². The highest BCUT2D eigenvalue weighted by atomic mass is 79.9. The highest BCUT2D eigenvalue weighted by Crippen LogP contribution is 2.43. The van der Waals surface area contributed by atoms with Crippen LogP contribution in [0.15, 0.2) is 22.7 Å². The summed E-state index contributed by atoms with van der Waals surface area (Å²) in [6, 6.07) is 5.77. The summed E-state index contributed by atoms with van der Waals surface area (Å²) in [4.78, 5) is 0. The maximum atomic E-state index is 10.8. The zero-order chi connectivity index (χ0) is 14.9. The van der Waals surface area contributed by atoms with Crippen molar-refractivity contribution in [2.45, 2.75) is 31.0 Å². The molecule has 0 saturated carbocycles. The Labute approximate surface area is 133 Å². The van der Waals surface area contributed by atoms with E-state index in [1.165, 1.54) is 0 Å². The van der Waals surface area contributed by atoms with Crippen molar-refractivity contribution in [3.63, 3.8) is 0 Å². The first-order valence-corrected chi connectivity index (χ1v) is 8.16. The smallest absolute Gasteiger partial charge is 0.125 e. The molecule has 1 aromatic rings. The fourth-order valence-corrected chi connectivity index (χ4v) is 3.72. The first kappa shape index (κ1) is 15.3. The second kappa shape index (κ2) is 6.24. The zero-order valence-electron chi connectivity index (χ0n) is 12.2. The third-order valence-electron chi connectivity index (χ3n) is 4.56. The molecule has 2 heterocycles. The Kier molecular flexibility index (Phi) is 4.54. The molecule has 1 aromatic carbocycles. The van der Waals surface area contributed by atoms with E-state index in [1.807, 2.05) is 18.2 Å². The van der Waals surface area contributed by atoms with E-state index in [0.717, 1.165) is 41.7 Å². The Morgan fingerprint density at radius 1 is 1.43 bits per heavy atom. The highest BCUT2D eigenvalue weighted by molar-refractivity contribution is 9.10. The van der Waals surface area contributed by atoms with Crippen LogP contribution in [0, 0.1) is 5.92 Å². The van der Waals surface area contributed by atoms with Crippen LogP contribution < -0.4 is 4.74 Å². The van der Waals surface area contributed by atoms with Crippen molar-refractivity contribution < 1.29 is 19.3 Å². The van der Waals surface area contributed by atoms with Crippen molar-refractivity contribution in [2.75, 3.05) is 26.9 Å². The van der Waals surface area contributed by atoms with E-state index < -0.39 is 6.10 Å². The second-order valence-corrected chi connectivity index (χ2v) is 6.83. The molecule has 0 aromatic heterocycles.